The molecule has 5 N–H and O–H groups in total. The first kappa shape index (κ1) is 18.8. The van der Waals surface area contributed by atoms with Gasteiger partial charge in [-0.15, -0.1) is 0 Å². The van der Waals surface area contributed by atoms with E-state index in [1.165, 1.54) is 0 Å². The highest BCUT2D eigenvalue weighted by Crippen LogP contribution is 2.64. The molecule has 12 heteroatoms. The number of hydrogen-bond acceptors (Lipinski definition) is 6. The molecule has 22 heavy (non-hydrogen) atoms. The number of hydrogen-bond donors (Lipinski definition) is 5. The third-order valence-electron chi connectivity index (χ3n) is 2.68. The molecule has 124 valence electrons. The van der Waals surface area contributed by atoms with Crippen LogP contribution in [0.1, 0.15) is 6.42 Å². The number of para-hydroxylation sites is 1. The van der Waals surface area contributed by atoms with Crippen molar-refractivity contribution in [3.63, 3.8) is 0 Å². The van der Waals surface area contributed by atoms with Gasteiger partial charge < -0.3 is 44.4 Å². The van der Waals surface area contributed by atoms with Crippen molar-refractivity contribution in [2.75, 3.05) is 11.9 Å². The van der Waals surface area contributed by atoms with Crippen LogP contribution in [0.2, 0.25) is 0 Å². The van der Waals surface area contributed by atoms with Crippen LogP contribution in [0.25, 0.3) is 0 Å². The van der Waals surface area contributed by atoms with Crippen molar-refractivity contribution in [1.29, 1.82) is 0 Å². The average molecular weight is 352 g/mol. The summed E-state index contributed by atoms with van der Waals surface area (Å²) in [6.45, 7) is -0.644. The summed E-state index contributed by atoms with van der Waals surface area (Å²) in [6.07, 6.45) is -1.15. The number of carbonyl (C=O) groups is 1. The van der Waals surface area contributed by atoms with Gasteiger partial charge in [-0.2, -0.15) is 0 Å². The molecule has 2 amide bonds. The number of benzene rings is 1. The molecule has 0 aliphatic heterocycles. The van der Waals surface area contributed by atoms with Crippen molar-refractivity contribution in [1.82, 2.24) is 5.32 Å². The summed E-state index contributed by atoms with van der Waals surface area (Å²) >= 11 is 0. The van der Waals surface area contributed by atoms with E-state index in [1.54, 1.807) is 30.3 Å². The van der Waals surface area contributed by atoms with Crippen LogP contribution in [0.4, 0.5) is 10.5 Å². The lowest BCUT2D eigenvalue weighted by atomic mass is 10.3. The van der Waals surface area contributed by atoms with Gasteiger partial charge in [0.15, 0.2) is 20.3 Å². The average Bonchev–Trinajstić information content (AvgIpc) is 2.37. The highest BCUT2D eigenvalue weighted by molar-refractivity contribution is 7.70. The van der Waals surface area contributed by atoms with Crippen molar-refractivity contribution in [2.45, 2.75) is 11.5 Å². The fourth-order valence-electron chi connectivity index (χ4n) is 1.48. The van der Waals surface area contributed by atoms with E-state index < -0.39 is 39.3 Å². The monoisotopic (exact) mass is 352 g/mol. The van der Waals surface area contributed by atoms with Crippen molar-refractivity contribution in [3.8, 4) is 0 Å². The maximum atomic E-state index is 11.5. The Morgan fingerprint density at radius 2 is 1.64 bits per heavy atom. The molecule has 0 spiro atoms. The normalized spacial score (nSPS) is 19.3. The zero-order chi connectivity index (χ0) is 17.0. The maximum Gasteiger partial charge on any atom is 0.319 e. The highest BCUT2D eigenvalue weighted by Gasteiger charge is 2.46. The molecule has 0 saturated carbocycles. The van der Waals surface area contributed by atoms with Gasteiger partial charge in [0.25, 0.3) is 0 Å². The summed E-state index contributed by atoms with van der Waals surface area (Å²) in [7, 11) is -11.7. The van der Waals surface area contributed by atoms with Crippen LogP contribution in [-0.2, 0) is 9.13 Å². The number of urea groups is 1. The number of amides is 2. The van der Waals surface area contributed by atoms with Crippen LogP contribution < -0.4 is 20.4 Å². The van der Waals surface area contributed by atoms with Crippen LogP contribution in [0.15, 0.2) is 30.3 Å². The number of anilines is 1. The summed E-state index contributed by atoms with van der Waals surface area (Å²) in [5.74, 6) is 0. The van der Waals surface area contributed by atoms with Crippen LogP contribution >= 0.6 is 15.2 Å². The van der Waals surface area contributed by atoms with E-state index in [-0.39, 0.29) is 0 Å². The van der Waals surface area contributed by atoms with E-state index in [1.807, 2.05) is 0 Å². The van der Waals surface area contributed by atoms with Gasteiger partial charge in [0.2, 0.25) is 0 Å². The Labute approximate surface area is 125 Å². The summed E-state index contributed by atoms with van der Waals surface area (Å²) in [5, 5.41) is 10.1. The van der Waals surface area contributed by atoms with Crippen molar-refractivity contribution in [2.24, 2.45) is 0 Å². The summed E-state index contributed by atoms with van der Waals surface area (Å²) < 4.78 is 21.9. The molecule has 1 aromatic carbocycles. The Morgan fingerprint density at radius 3 is 2.09 bits per heavy atom. The molecule has 1 rings (SSSR count). The third-order valence-corrected chi connectivity index (χ3v) is 6.46. The molecule has 2 atom stereocenters. The van der Waals surface area contributed by atoms with Crippen LogP contribution in [0.5, 0.6) is 0 Å². The smallest absolute Gasteiger partial charge is 0.319 e. The fourth-order valence-corrected chi connectivity index (χ4v) is 3.55. The molecule has 0 saturated heterocycles. The quantitative estimate of drug-likeness (QED) is 0.401. The van der Waals surface area contributed by atoms with Crippen LogP contribution in [0, 0.1) is 0 Å². The lowest BCUT2D eigenvalue weighted by Gasteiger charge is -2.42. The summed E-state index contributed by atoms with van der Waals surface area (Å²) in [4.78, 5) is 50.9. The molecular weight excluding hydrogens is 338 g/mol. The maximum absolute atomic E-state index is 11.5. The van der Waals surface area contributed by atoms with Gasteiger partial charge in [-0.1, -0.05) is 18.2 Å². The Hall–Kier alpha value is -1.25. The molecule has 0 aliphatic rings. The number of carbonyl (C=O) groups excluding carboxylic acids is 1. The number of rotatable bonds is 6. The molecule has 0 aromatic heterocycles. The van der Waals surface area contributed by atoms with E-state index in [4.69, 9.17) is 9.79 Å². The molecule has 0 heterocycles. The second-order valence-electron chi connectivity index (χ2n) is 4.31. The Kier molecular flexibility index (Phi) is 5.89. The van der Waals surface area contributed by atoms with Gasteiger partial charge in [0.1, 0.15) is 0 Å². The van der Waals surface area contributed by atoms with E-state index >= 15 is 0 Å². The molecule has 0 fully saturated rings. The van der Waals surface area contributed by atoms with Crippen LogP contribution in [0.3, 0.4) is 0 Å². The molecule has 2 unspecified atom stereocenters. The second kappa shape index (κ2) is 6.89. The lowest BCUT2D eigenvalue weighted by Crippen LogP contribution is -2.41. The largest absolute Gasteiger partial charge is 0.776 e. The topological polar surface area (TPSA) is 182 Å². The minimum Gasteiger partial charge on any atom is -0.776 e. The second-order valence-corrected chi connectivity index (χ2v) is 8.23. The van der Waals surface area contributed by atoms with E-state index in [0.29, 0.717) is 5.69 Å². The highest BCUT2D eigenvalue weighted by atomic mass is 31.2. The Morgan fingerprint density at radius 1 is 1.14 bits per heavy atom. The van der Waals surface area contributed by atoms with Crippen molar-refractivity contribution < 1.29 is 38.6 Å². The van der Waals surface area contributed by atoms with Crippen molar-refractivity contribution >= 4 is 26.9 Å². The van der Waals surface area contributed by atoms with E-state index in [2.05, 4.69) is 10.6 Å². The summed E-state index contributed by atoms with van der Waals surface area (Å²) in [6, 6.07) is 7.33. The first-order valence-corrected chi connectivity index (χ1v) is 9.03. The Balaban J connectivity index is 2.63. The lowest BCUT2D eigenvalue weighted by molar-refractivity contribution is -0.226. The standard InChI is InChI=1S/C10H16N2O8P2/c13-9(12-8-4-2-1-3-5-8)11-7-6-10(14,21(15,16)17)22(18,19)20/h1-5,14H,6-7H2,(H2,11,12,13)(H2,15,16,17)(H2,18,19,20)/p-2. The first-order valence-electron chi connectivity index (χ1n) is 5.87. The molecule has 0 aliphatic carbocycles. The fraction of sp³-hybridized carbons (Fsp3) is 0.300. The molecule has 0 bridgehead atoms. The van der Waals surface area contributed by atoms with E-state index in [0.717, 1.165) is 0 Å². The first-order chi connectivity index (χ1) is 9.97. The minimum absolute atomic E-state index is 0.420. The van der Waals surface area contributed by atoms with Crippen LogP contribution in [-0.4, -0.2) is 32.6 Å². The predicted octanol–water partition coefficient (Wildman–Crippen LogP) is -1.06. The molecular formula is C10H14N2O8P2-2. The molecule has 1 aromatic rings. The zero-order valence-corrected chi connectivity index (χ0v) is 12.9. The van der Waals surface area contributed by atoms with Gasteiger partial charge in [-0.3, -0.25) is 0 Å². The van der Waals surface area contributed by atoms with Gasteiger partial charge in [-0.25, -0.2) is 4.79 Å². The molecule has 10 nitrogen and oxygen atoms in total. The minimum atomic E-state index is -5.83. The van der Waals surface area contributed by atoms with Gasteiger partial charge in [0.05, 0.1) is 0 Å². The predicted molar refractivity (Wildman–Crippen MR) is 72.7 cm³/mol. The zero-order valence-electron chi connectivity index (χ0n) is 11.1. The van der Waals surface area contributed by atoms with E-state index in [9.17, 15) is 28.8 Å². The van der Waals surface area contributed by atoms with Gasteiger partial charge in [0, 0.05) is 18.7 Å². The number of nitrogens with one attached hydrogen (secondary N) is 2. The third kappa shape index (κ3) is 4.62. The molecule has 0 radical (unpaired) electrons. The SMILES string of the molecule is O=C(NCCC(O)(P(=O)([O-])O)P(=O)([O-])O)Nc1ccccc1. The van der Waals surface area contributed by atoms with Gasteiger partial charge in [-0.05, 0) is 12.1 Å². The van der Waals surface area contributed by atoms with Crippen molar-refractivity contribution in [3.05, 3.63) is 30.3 Å². The number of aliphatic hydroxyl groups is 1. The Bertz CT molecular complexity index is 589. The van der Waals surface area contributed by atoms with Gasteiger partial charge >= 0.3 is 6.03 Å². The summed E-state index contributed by atoms with van der Waals surface area (Å²) in [5.41, 5.74) is 0.420.